The third-order valence-electron chi connectivity index (χ3n) is 11.7. The van der Waals surface area contributed by atoms with Crippen molar-refractivity contribution in [2.75, 3.05) is 0 Å². The van der Waals surface area contributed by atoms with Gasteiger partial charge < -0.3 is 0 Å². The average Bonchev–Trinajstić information content (AvgIpc) is 3.81. The Morgan fingerprint density at radius 3 is 1.78 bits per heavy atom. The fourth-order valence-corrected chi connectivity index (χ4v) is 11.6. The summed E-state index contributed by atoms with van der Waals surface area (Å²) in [6.07, 6.45) is 4.51. The number of aryl methyl sites for hydroxylation is 1. The quantitative estimate of drug-likeness (QED) is 0.159. The van der Waals surface area contributed by atoms with Crippen LogP contribution in [0.4, 0.5) is 0 Å². The van der Waals surface area contributed by atoms with Crippen LogP contribution in [0.25, 0.3) is 107 Å². The van der Waals surface area contributed by atoms with E-state index < -0.39 is 0 Å². The average molecular weight is 721 g/mol. The van der Waals surface area contributed by atoms with E-state index >= 15 is 0 Å². The van der Waals surface area contributed by atoms with Crippen LogP contribution in [0.2, 0.25) is 0 Å². The smallest absolute Gasteiger partial charge is 0.0440 e. The Bertz CT molecular complexity index is 3320. The Labute approximate surface area is 320 Å². The predicted molar refractivity (Wildman–Crippen MR) is 238 cm³/mol. The molecule has 0 saturated carbocycles. The molecule has 54 heavy (non-hydrogen) atoms. The van der Waals surface area contributed by atoms with Gasteiger partial charge in [-0.05, 0) is 109 Å². The van der Waals surface area contributed by atoms with E-state index in [4.69, 9.17) is 0 Å². The molecule has 0 amide bonds. The highest BCUT2D eigenvalue weighted by molar-refractivity contribution is 7.28. The molecule has 252 valence electrons. The number of fused-ring (bicyclic) bond motifs is 12. The van der Waals surface area contributed by atoms with E-state index in [2.05, 4.69) is 170 Å². The number of benzene rings is 9. The first-order valence-corrected chi connectivity index (χ1v) is 20.4. The fraction of sp³-hybridized carbons (Fsp3) is 0.0385. The molecule has 0 spiro atoms. The minimum Gasteiger partial charge on any atom is -0.135 e. The molecular formula is C52H32S2. The summed E-state index contributed by atoms with van der Waals surface area (Å²) in [6, 6.07) is 61.3. The molecule has 0 saturated heterocycles. The van der Waals surface area contributed by atoms with Crippen LogP contribution in [0.3, 0.4) is 0 Å². The van der Waals surface area contributed by atoms with Gasteiger partial charge in [0.25, 0.3) is 0 Å². The van der Waals surface area contributed by atoms with Crippen molar-refractivity contribution in [2.24, 2.45) is 0 Å². The van der Waals surface area contributed by atoms with Crippen molar-refractivity contribution in [3.8, 4) is 22.3 Å². The van der Waals surface area contributed by atoms with Crippen molar-refractivity contribution < 1.29 is 0 Å². The molecule has 0 bridgehead atoms. The maximum atomic E-state index is 2.47. The summed E-state index contributed by atoms with van der Waals surface area (Å²) >= 11 is 3.85. The molecular weight excluding hydrogens is 689 g/mol. The minimum absolute atomic E-state index is 1.03. The summed E-state index contributed by atoms with van der Waals surface area (Å²) in [5, 5.41) is 13.4. The Balaban J connectivity index is 0.978. The van der Waals surface area contributed by atoms with Gasteiger partial charge in [-0.2, -0.15) is 0 Å². The van der Waals surface area contributed by atoms with Crippen molar-refractivity contribution >= 4 is 107 Å². The molecule has 0 radical (unpaired) electrons. The lowest BCUT2D eigenvalue weighted by Gasteiger charge is -2.21. The minimum atomic E-state index is 1.03. The molecule has 1 aliphatic rings. The molecule has 1 aliphatic carbocycles. The molecule has 0 N–H and O–H groups in total. The highest BCUT2D eigenvalue weighted by atomic mass is 32.1. The van der Waals surface area contributed by atoms with Crippen LogP contribution in [0, 0.1) is 0 Å². The van der Waals surface area contributed by atoms with Gasteiger partial charge in [0.15, 0.2) is 0 Å². The monoisotopic (exact) mass is 720 g/mol. The molecule has 2 heteroatoms. The number of hydrogen-bond acceptors (Lipinski definition) is 2. The maximum absolute atomic E-state index is 2.47. The lowest BCUT2D eigenvalue weighted by molar-refractivity contribution is 1.00. The normalized spacial score (nSPS) is 13.1. The van der Waals surface area contributed by atoms with Gasteiger partial charge in [-0.3, -0.25) is 0 Å². The number of hydrogen-bond donors (Lipinski definition) is 0. The standard InChI is InChI=1S/C52H32S2/c1-2-10-31(11-3-1)48-38-12-4-6-14-40(38)49(41-15-7-5-13-39(41)48)37-21-20-33-28-34(18-19-35(33)29-37)36-24-26-46-44(30-36)42-25-22-32-23-27-47-51(50(32)52(42)54-46)43-16-8-9-17-45(43)53-47/h1-17,20-30H,18-19H2. The second kappa shape index (κ2) is 11.7. The van der Waals surface area contributed by atoms with Crippen LogP contribution in [0.15, 0.2) is 164 Å². The van der Waals surface area contributed by atoms with Gasteiger partial charge in [-0.1, -0.05) is 146 Å². The Morgan fingerprint density at radius 1 is 0.370 bits per heavy atom. The maximum Gasteiger partial charge on any atom is 0.0440 e. The summed E-state index contributed by atoms with van der Waals surface area (Å²) in [7, 11) is 0. The zero-order valence-corrected chi connectivity index (χ0v) is 31.0. The predicted octanol–water partition coefficient (Wildman–Crippen LogP) is 15.7. The van der Waals surface area contributed by atoms with Gasteiger partial charge in [0, 0.05) is 45.7 Å². The van der Waals surface area contributed by atoms with Crippen molar-refractivity contribution in [3.63, 3.8) is 0 Å². The van der Waals surface area contributed by atoms with E-state index in [0.29, 0.717) is 0 Å². The zero-order chi connectivity index (χ0) is 35.3. The van der Waals surface area contributed by atoms with Crippen LogP contribution in [0.5, 0.6) is 0 Å². The van der Waals surface area contributed by atoms with Crippen molar-refractivity contribution in [2.45, 2.75) is 12.8 Å². The summed E-state index contributed by atoms with van der Waals surface area (Å²) < 4.78 is 5.49. The molecule has 0 atom stereocenters. The number of rotatable bonds is 3. The number of allylic oxidation sites excluding steroid dienone is 1. The second-order valence-corrected chi connectivity index (χ2v) is 16.8. The highest BCUT2D eigenvalue weighted by Gasteiger charge is 2.20. The fourth-order valence-electron chi connectivity index (χ4n) is 9.29. The Morgan fingerprint density at radius 2 is 1.00 bits per heavy atom. The molecule has 12 rings (SSSR count). The second-order valence-electron chi connectivity index (χ2n) is 14.7. The van der Waals surface area contributed by atoms with Crippen molar-refractivity contribution in [1.29, 1.82) is 0 Å². The van der Waals surface area contributed by atoms with Crippen LogP contribution >= 0.6 is 22.7 Å². The van der Waals surface area contributed by atoms with E-state index in [-0.39, 0.29) is 0 Å². The lowest BCUT2D eigenvalue weighted by atomic mass is 9.83. The van der Waals surface area contributed by atoms with Gasteiger partial charge >= 0.3 is 0 Å². The Kier molecular flexibility index (Phi) is 6.60. The summed E-state index contributed by atoms with van der Waals surface area (Å²) in [6.45, 7) is 0. The first-order chi connectivity index (χ1) is 26.8. The SMILES string of the molecule is C1=C(c2ccc3sc4c(ccc5ccc6sc7ccccc7c6c54)c3c2)CCc2cc(-c3c4ccccc4c(-c4ccccc4)c4ccccc34)ccc21. The Hall–Kier alpha value is -6.06. The molecule has 0 nitrogen and oxygen atoms in total. The van der Waals surface area contributed by atoms with Crippen LogP contribution < -0.4 is 0 Å². The first kappa shape index (κ1) is 30.4. The largest absolute Gasteiger partial charge is 0.135 e. The van der Waals surface area contributed by atoms with E-state index in [1.807, 2.05) is 22.7 Å². The van der Waals surface area contributed by atoms with Gasteiger partial charge in [-0.25, -0.2) is 0 Å². The van der Waals surface area contributed by atoms with E-state index in [1.54, 1.807) is 0 Å². The van der Waals surface area contributed by atoms with E-state index in [0.717, 1.165) is 12.8 Å². The van der Waals surface area contributed by atoms with E-state index in [1.165, 1.54) is 117 Å². The molecule has 2 aromatic heterocycles. The highest BCUT2D eigenvalue weighted by Crippen LogP contribution is 2.47. The third-order valence-corrected chi connectivity index (χ3v) is 14.1. The zero-order valence-electron chi connectivity index (χ0n) is 29.4. The van der Waals surface area contributed by atoms with Gasteiger partial charge in [0.1, 0.15) is 0 Å². The van der Waals surface area contributed by atoms with E-state index in [9.17, 15) is 0 Å². The summed E-state index contributed by atoms with van der Waals surface area (Å²) in [5.41, 5.74) is 10.7. The van der Waals surface area contributed by atoms with Crippen LogP contribution in [-0.2, 0) is 6.42 Å². The molecule has 0 unspecified atom stereocenters. The lowest BCUT2D eigenvalue weighted by Crippen LogP contribution is -2.00. The number of thiophene rings is 2. The molecule has 11 aromatic rings. The van der Waals surface area contributed by atoms with Gasteiger partial charge in [0.05, 0.1) is 0 Å². The summed E-state index contributed by atoms with van der Waals surface area (Å²) in [4.78, 5) is 0. The van der Waals surface area contributed by atoms with Crippen LogP contribution in [-0.4, -0.2) is 0 Å². The molecule has 9 aromatic carbocycles. The third kappa shape index (κ3) is 4.48. The first-order valence-electron chi connectivity index (χ1n) is 18.8. The van der Waals surface area contributed by atoms with Crippen molar-refractivity contribution in [1.82, 2.24) is 0 Å². The van der Waals surface area contributed by atoms with Crippen molar-refractivity contribution in [3.05, 3.63) is 180 Å². The molecule has 2 heterocycles. The van der Waals surface area contributed by atoms with Gasteiger partial charge in [0.2, 0.25) is 0 Å². The van der Waals surface area contributed by atoms with Gasteiger partial charge in [-0.15, -0.1) is 22.7 Å². The van der Waals surface area contributed by atoms with Crippen LogP contribution in [0.1, 0.15) is 23.1 Å². The topological polar surface area (TPSA) is 0 Å². The molecule has 0 fully saturated rings. The molecule has 0 aliphatic heterocycles. The summed E-state index contributed by atoms with van der Waals surface area (Å²) in [5.74, 6) is 0.